The second-order valence-electron chi connectivity index (χ2n) is 5.95. The molecule has 0 radical (unpaired) electrons. The number of hydrogen-bond acceptors (Lipinski definition) is 3. The van der Waals surface area contributed by atoms with Crippen molar-refractivity contribution in [3.63, 3.8) is 0 Å². The van der Waals surface area contributed by atoms with E-state index in [1.807, 2.05) is 18.2 Å². The van der Waals surface area contributed by atoms with Gasteiger partial charge in [-0.25, -0.2) is 4.39 Å². The highest BCUT2D eigenvalue weighted by Gasteiger charge is 2.23. The third-order valence-corrected chi connectivity index (χ3v) is 4.03. The Kier molecular flexibility index (Phi) is 5.56. The van der Waals surface area contributed by atoms with Crippen LogP contribution in [0.15, 0.2) is 54.6 Å². The number of halogens is 1. The molecule has 0 unspecified atom stereocenters. The summed E-state index contributed by atoms with van der Waals surface area (Å²) in [6.45, 7) is 2.99. The van der Waals surface area contributed by atoms with E-state index in [9.17, 15) is 9.18 Å². The second-order valence-corrected chi connectivity index (χ2v) is 5.95. The lowest BCUT2D eigenvalue weighted by molar-refractivity contribution is -0.121. The molecule has 5 heteroatoms. The molecular formula is C19H21FN2O2. The minimum Gasteiger partial charge on any atom is -0.375 e. The van der Waals surface area contributed by atoms with Gasteiger partial charge in [-0.2, -0.15) is 0 Å². The van der Waals surface area contributed by atoms with E-state index in [-0.39, 0.29) is 24.1 Å². The van der Waals surface area contributed by atoms with Crippen LogP contribution in [0.4, 0.5) is 10.1 Å². The molecule has 1 amide bonds. The molecule has 1 heterocycles. The van der Waals surface area contributed by atoms with Crippen LogP contribution in [0, 0.1) is 5.82 Å². The zero-order valence-corrected chi connectivity index (χ0v) is 13.5. The Labute approximate surface area is 141 Å². The molecule has 2 aromatic rings. The molecule has 1 atom stereocenters. The van der Waals surface area contributed by atoms with E-state index in [0.717, 1.165) is 13.1 Å². The van der Waals surface area contributed by atoms with Gasteiger partial charge < -0.3 is 10.1 Å². The second kappa shape index (κ2) is 8.04. The van der Waals surface area contributed by atoms with E-state index < -0.39 is 5.82 Å². The molecular weight excluding hydrogens is 307 g/mol. The maximum absolute atomic E-state index is 13.6. The van der Waals surface area contributed by atoms with Crippen molar-refractivity contribution in [1.82, 2.24) is 4.90 Å². The minimum atomic E-state index is -0.430. The smallest absolute Gasteiger partial charge is 0.227 e. The SMILES string of the molecule is O=C(C[C@@H]1CN(Cc2ccccc2)CCO1)Nc1ccccc1F. The van der Waals surface area contributed by atoms with Gasteiger partial charge in [0.2, 0.25) is 5.91 Å². The van der Waals surface area contributed by atoms with Gasteiger partial charge in [-0.05, 0) is 17.7 Å². The third kappa shape index (κ3) is 4.63. The fraction of sp³-hybridized carbons (Fsp3) is 0.316. The van der Waals surface area contributed by atoms with Gasteiger partial charge in [-0.1, -0.05) is 42.5 Å². The monoisotopic (exact) mass is 328 g/mol. The Morgan fingerprint density at radius 1 is 1.17 bits per heavy atom. The summed E-state index contributed by atoms with van der Waals surface area (Å²) in [5, 5.41) is 2.61. The van der Waals surface area contributed by atoms with Crippen LogP contribution in [0.25, 0.3) is 0 Å². The van der Waals surface area contributed by atoms with E-state index in [4.69, 9.17) is 4.74 Å². The molecule has 0 spiro atoms. The topological polar surface area (TPSA) is 41.6 Å². The molecule has 0 aromatic heterocycles. The van der Waals surface area contributed by atoms with E-state index in [1.54, 1.807) is 18.2 Å². The number of nitrogens with zero attached hydrogens (tertiary/aromatic N) is 1. The Hall–Kier alpha value is -2.24. The summed E-state index contributed by atoms with van der Waals surface area (Å²) in [4.78, 5) is 14.4. The van der Waals surface area contributed by atoms with Crippen LogP contribution in [0.5, 0.6) is 0 Å². The first-order chi connectivity index (χ1) is 11.7. The van der Waals surface area contributed by atoms with Crippen molar-refractivity contribution in [1.29, 1.82) is 0 Å². The molecule has 1 aliphatic rings. The van der Waals surface area contributed by atoms with Crippen molar-refractivity contribution in [3.05, 3.63) is 66.0 Å². The summed E-state index contributed by atoms with van der Waals surface area (Å²) < 4.78 is 19.3. The van der Waals surface area contributed by atoms with Crippen molar-refractivity contribution >= 4 is 11.6 Å². The lowest BCUT2D eigenvalue weighted by Crippen LogP contribution is -2.43. The van der Waals surface area contributed by atoms with E-state index >= 15 is 0 Å². The number of carbonyl (C=O) groups is 1. The maximum atomic E-state index is 13.6. The van der Waals surface area contributed by atoms with Gasteiger partial charge in [-0.15, -0.1) is 0 Å². The Morgan fingerprint density at radius 2 is 1.92 bits per heavy atom. The molecule has 1 N–H and O–H groups in total. The Balaban J connectivity index is 1.51. The van der Waals surface area contributed by atoms with Crippen molar-refractivity contribution in [2.45, 2.75) is 19.1 Å². The molecule has 2 aromatic carbocycles. The number of amides is 1. The number of rotatable bonds is 5. The number of para-hydroxylation sites is 1. The average Bonchev–Trinajstić information content (AvgIpc) is 2.58. The van der Waals surface area contributed by atoms with Gasteiger partial charge in [0.15, 0.2) is 0 Å². The number of anilines is 1. The maximum Gasteiger partial charge on any atom is 0.227 e. The molecule has 1 aliphatic heterocycles. The fourth-order valence-electron chi connectivity index (χ4n) is 2.86. The van der Waals surface area contributed by atoms with Gasteiger partial charge in [-0.3, -0.25) is 9.69 Å². The number of hydrogen-bond donors (Lipinski definition) is 1. The van der Waals surface area contributed by atoms with Crippen molar-refractivity contribution < 1.29 is 13.9 Å². The fourth-order valence-corrected chi connectivity index (χ4v) is 2.86. The van der Waals surface area contributed by atoms with Gasteiger partial charge >= 0.3 is 0 Å². The highest BCUT2D eigenvalue weighted by Crippen LogP contribution is 2.16. The molecule has 0 bridgehead atoms. The number of benzene rings is 2. The highest BCUT2D eigenvalue weighted by molar-refractivity contribution is 5.91. The van der Waals surface area contributed by atoms with E-state index in [2.05, 4.69) is 22.3 Å². The highest BCUT2D eigenvalue weighted by atomic mass is 19.1. The van der Waals surface area contributed by atoms with Crippen LogP contribution >= 0.6 is 0 Å². The first kappa shape index (κ1) is 16.6. The lowest BCUT2D eigenvalue weighted by atomic mass is 10.1. The number of nitrogens with one attached hydrogen (secondary N) is 1. The first-order valence-electron chi connectivity index (χ1n) is 8.13. The van der Waals surface area contributed by atoms with Gasteiger partial charge in [0.25, 0.3) is 0 Å². The van der Waals surface area contributed by atoms with Crippen LogP contribution in [0.3, 0.4) is 0 Å². The quantitative estimate of drug-likeness (QED) is 0.917. The first-order valence-corrected chi connectivity index (χ1v) is 8.13. The average molecular weight is 328 g/mol. The van der Waals surface area contributed by atoms with Crippen LogP contribution < -0.4 is 5.32 Å². The number of carbonyl (C=O) groups excluding carboxylic acids is 1. The number of morpholine rings is 1. The number of ether oxygens (including phenoxy) is 1. The molecule has 0 aliphatic carbocycles. The zero-order valence-electron chi connectivity index (χ0n) is 13.5. The van der Waals surface area contributed by atoms with Crippen LogP contribution in [-0.4, -0.2) is 36.6 Å². The summed E-state index contributed by atoms with van der Waals surface area (Å²) in [6, 6.07) is 16.4. The van der Waals surface area contributed by atoms with Gasteiger partial charge in [0.1, 0.15) is 5.82 Å². The summed E-state index contributed by atoms with van der Waals surface area (Å²) in [6.07, 6.45) is 0.0498. The molecule has 1 fully saturated rings. The lowest BCUT2D eigenvalue weighted by Gasteiger charge is -2.32. The summed E-state index contributed by atoms with van der Waals surface area (Å²) >= 11 is 0. The zero-order chi connectivity index (χ0) is 16.8. The van der Waals surface area contributed by atoms with Crippen molar-refractivity contribution in [2.24, 2.45) is 0 Å². The van der Waals surface area contributed by atoms with Crippen molar-refractivity contribution in [3.8, 4) is 0 Å². The van der Waals surface area contributed by atoms with E-state index in [0.29, 0.717) is 13.2 Å². The standard InChI is InChI=1S/C19H21FN2O2/c20-17-8-4-5-9-18(17)21-19(23)12-16-14-22(10-11-24-16)13-15-6-2-1-3-7-15/h1-9,16H,10-14H2,(H,21,23)/t16-/m1/s1. The molecule has 3 rings (SSSR count). The minimum absolute atomic E-state index is 0.172. The van der Waals surface area contributed by atoms with Gasteiger partial charge in [0.05, 0.1) is 24.8 Å². The predicted octanol–water partition coefficient (Wildman–Crippen LogP) is 3.06. The van der Waals surface area contributed by atoms with Crippen LogP contribution in [0.1, 0.15) is 12.0 Å². The molecule has 126 valence electrons. The molecule has 4 nitrogen and oxygen atoms in total. The largest absolute Gasteiger partial charge is 0.375 e. The summed E-state index contributed by atoms with van der Waals surface area (Å²) in [7, 11) is 0. The predicted molar refractivity (Wildman–Crippen MR) is 91.1 cm³/mol. The molecule has 24 heavy (non-hydrogen) atoms. The molecule has 1 saturated heterocycles. The normalized spacial score (nSPS) is 18.3. The third-order valence-electron chi connectivity index (χ3n) is 4.03. The Bertz CT molecular complexity index is 678. The summed E-state index contributed by atoms with van der Waals surface area (Å²) in [5.41, 5.74) is 1.45. The van der Waals surface area contributed by atoms with Crippen LogP contribution in [-0.2, 0) is 16.1 Å². The Morgan fingerprint density at radius 3 is 2.71 bits per heavy atom. The van der Waals surface area contributed by atoms with Crippen LogP contribution in [0.2, 0.25) is 0 Å². The molecule has 0 saturated carbocycles. The van der Waals surface area contributed by atoms with Crippen molar-refractivity contribution in [2.75, 3.05) is 25.0 Å². The van der Waals surface area contributed by atoms with E-state index in [1.165, 1.54) is 11.6 Å². The summed E-state index contributed by atoms with van der Waals surface area (Å²) in [5.74, 6) is -0.659. The van der Waals surface area contributed by atoms with Gasteiger partial charge in [0, 0.05) is 19.6 Å².